The molecule has 3 heterocycles. The summed E-state index contributed by atoms with van der Waals surface area (Å²) in [5.41, 5.74) is 5.36. The summed E-state index contributed by atoms with van der Waals surface area (Å²) >= 11 is 0. The molecule has 0 radical (unpaired) electrons. The van der Waals surface area contributed by atoms with Crippen molar-refractivity contribution in [3.05, 3.63) is 65.2 Å². The number of piperidine rings is 1. The Morgan fingerprint density at radius 2 is 1.97 bits per heavy atom. The average Bonchev–Trinajstić information content (AvgIpc) is 2.92. The molecule has 38 heavy (non-hydrogen) atoms. The Hall–Kier alpha value is -3.42. The lowest BCUT2D eigenvalue weighted by Crippen LogP contribution is -2.42. The summed E-state index contributed by atoms with van der Waals surface area (Å²) < 4.78 is 0. The van der Waals surface area contributed by atoms with Crippen molar-refractivity contribution in [2.24, 2.45) is 5.92 Å². The maximum absolute atomic E-state index is 12.6. The van der Waals surface area contributed by atoms with Crippen molar-refractivity contribution in [2.45, 2.75) is 72.1 Å². The summed E-state index contributed by atoms with van der Waals surface area (Å²) in [6.07, 6.45) is 13.9. The fraction of sp³-hybridized carbons (Fsp3) is 0.533. The second-order valence-electron chi connectivity index (χ2n) is 9.92. The molecule has 1 aromatic rings. The van der Waals surface area contributed by atoms with Crippen LogP contribution in [-0.4, -0.2) is 59.0 Å². The summed E-state index contributed by atoms with van der Waals surface area (Å²) in [5.74, 6) is -1.18. The molecule has 3 rings (SSSR count). The first-order chi connectivity index (χ1) is 18.3. The molecule has 1 unspecified atom stereocenters. The second-order valence-corrected chi connectivity index (χ2v) is 9.92. The van der Waals surface area contributed by atoms with Crippen LogP contribution >= 0.6 is 0 Å². The van der Waals surface area contributed by atoms with Gasteiger partial charge in [-0.05, 0) is 81.6 Å². The lowest BCUT2D eigenvalue weighted by Gasteiger charge is -2.33. The van der Waals surface area contributed by atoms with E-state index in [1.807, 2.05) is 18.2 Å². The number of rotatable bonds is 10. The van der Waals surface area contributed by atoms with Crippen LogP contribution in [-0.2, 0) is 14.4 Å². The van der Waals surface area contributed by atoms with Gasteiger partial charge in [-0.2, -0.15) is 0 Å². The Bertz CT molecular complexity index is 974. The highest BCUT2D eigenvalue weighted by molar-refractivity contribution is 5.97. The molecular weight excluding hydrogens is 480 g/mol. The number of nitrogens with zero attached hydrogens (tertiary/aromatic N) is 2. The third kappa shape index (κ3) is 11.8. The van der Waals surface area contributed by atoms with Gasteiger partial charge in [-0.1, -0.05) is 30.7 Å². The van der Waals surface area contributed by atoms with E-state index in [2.05, 4.69) is 48.5 Å². The summed E-state index contributed by atoms with van der Waals surface area (Å²) in [5, 5.41) is 14.6. The highest BCUT2D eigenvalue weighted by atomic mass is 16.4. The third-order valence-electron chi connectivity index (χ3n) is 6.98. The Morgan fingerprint density at radius 1 is 1.21 bits per heavy atom. The molecule has 2 amide bonds. The van der Waals surface area contributed by atoms with E-state index in [9.17, 15) is 14.4 Å². The minimum absolute atomic E-state index is 0.0479. The molecule has 0 spiro atoms. The number of allylic oxidation sites excluding steroid dienone is 6. The van der Waals surface area contributed by atoms with Crippen molar-refractivity contribution >= 4 is 17.8 Å². The normalized spacial score (nSPS) is 18.2. The first kappa shape index (κ1) is 30.8. The van der Waals surface area contributed by atoms with Crippen LogP contribution in [0.5, 0.6) is 0 Å². The molecule has 0 aromatic carbocycles. The fourth-order valence-corrected chi connectivity index (χ4v) is 4.58. The molecule has 1 atom stereocenters. The van der Waals surface area contributed by atoms with Crippen LogP contribution in [0.15, 0.2) is 65.2 Å². The van der Waals surface area contributed by atoms with Crippen LogP contribution in [0.3, 0.4) is 0 Å². The largest absolute Gasteiger partial charge is 0.481 e. The summed E-state index contributed by atoms with van der Waals surface area (Å²) in [7, 11) is 0. The number of hydrogen-bond acceptors (Lipinski definition) is 5. The minimum atomic E-state index is -0.970. The third-order valence-corrected chi connectivity index (χ3v) is 6.98. The predicted molar refractivity (Wildman–Crippen MR) is 150 cm³/mol. The van der Waals surface area contributed by atoms with Crippen molar-refractivity contribution in [2.75, 3.05) is 26.2 Å². The molecule has 0 bridgehead atoms. The van der Waals surface area contributed by atoms with Gasteiger partial charge in [0.25, 0.3) is 0 Å². The topological polar surface area (TPSA) is 112 Å². The van der Waals surface area contributed by atoms with E-state index >= 15 is 0 Å². The van der Waals surface area contributed by atoms with Gasteiger partial charge >= 0.3 is 5.97 Å². The number of carbonyl (C=O) groups is 3. The van der Waals surface area contributed by atoms with Crippen LogP contribution in [0.1, 0.15) is 72.1 Å². The summed E-state index contributed by atoms with van der Waals surface area (Å²) in [6, 6.07) is 5.72. The van der Waals surface area contributed by atoms with Crippen molar-refractivity contribution in [3.63, 3.8) is 0 Å². The van der Waals surface area contributed by atoms with Crippen LogP contribution in [0.2, 0.25) is 0 Å². The zero-order valence-electron chi connectivity index (χ0n) is 23.2. The lowest BCUT2D eigenvalue weighted by atomic mass is 9.88. The number of hydrogen-bond donors (Lipinski definition) is 3. The predicted octanol–water partition coefficient (Wildman–Crippen LogP) is 4.62. The van der Waals surface area contributed by atoms with Gasteiger partial charge in [0.05, 0.1) is 6.42 Å². The van der Waals surface area contributed by atoms with Gasteiger partial charge in [0.2, 0.25) is 11.8 Å². The molecule has 208 valence electrons. The Labute approximate surface area is 227 Å². The number of carboxylic acids is 1. The highest BCUT2D eigenvalue weighted by Crippen LogP contribution is 2.27. The van der Waals surface area contributed by atoms with Gasteiger partial charge in [-0.15, -0.1) is 0 Å². The maximum Gasteiger partial charge on any atom is 0.305 e. The minimum Gasteiger partial charge on any atom is -0.481 e. The van der Waals surface area contributed by atoms with Crippen molar-refractivity contribution in [1.29, 1.82) is 0 Å². The number of carboxylic acid groups (broad SMARTS) is 1. The van der Waals surface area contributed by atoms with Crippen molar-refractivity contribution in [1.82, 2.24) is 20.5 Å². The molecule has 8 heteroatoms. The Balaban J connectivity index is 0.000000739. The zero-order chi connectivity index (χ0) is 27.8. The smallest absolute Gasteiger partial charge is 0.305 e. The molecule has 2 aliphatic rings. The first-order valence-electron chi connectivity index (χ1n) is 13.7. The fourth-order valence-electron chi connectivity index (χ4n) is 4.58. The van der Waals surface area contributed by atoms with Crippen LogP contribution < -0.4 is 10.6 Å². The second kappa shape index (κ2) is 17.2. The summed E-state index contributed by atoms with van der Waals surface area (Å²) in [6.45, 7) is 8.94. The molecule has 0 aliphatic carbocycles. The molecule has 0 saturated carbocycles. The molecule has 1 fully saturated rings. The van der Waals surface area contributed by atoms with Crippen molar-refractivity contribution < 1.29 is 19.5 Å². The Kier molecular flexibility index (Phi) is 13.9. The van der Waals surface area contributed by atoms with Crippen LogP contribution in [0.4, 0.5) is 0 Å². The summed E-state index contributed by atoms with van der Waals surface area (Å²) in [4.78, 5) is 40.7. The van der Waals surface area contributed by atoms with E-state index in [1.54, 1.807) is 17.3 Å². The van der Waals surface area contributed by atoms with E-state index in [-0.39, 0.29) is 25.3 Å². The molecule has 1 saturated heterocycles. The zero-order valence-corrected chi connectivity index (χ0v) is 23.2. The quantitative estimate of drug-likeness (QED) is 0.304. The van der Waals surface area contributed by atoms with Gasteiger partial charge in [0.15, 0.2) is 0 Å². The molecule has 3 N–H and O–H groups in total. The number of aromatic nitrogens is 1. The molecule has 2 aliphatic heterocycles. The molecule has 1 aromatic heterocycles. The van der Waals surface area contributed by atoms with Gasteiger partial charge in [-0.25, -0.2) is 0 Å². The monoisotopic (exact) mass is 524 g/mol. The number of carbonyl (C=O) groups excluding carboxylic acids is 2. The SMILES string of the molecule is CC/C(C)=C(/C=C\C1=C(C)NCCC1)CC1CCCN(C(=O)CC(=O)NCCC(=O)O)C1.c1ccncc1. The average molecular weight is 525 g/mol. The lowest BCUT2D eigenvalue weighted by molar-refractivity contribution is -0.137. The van der Waals surface area contributed by atoms with E-state index in [0.717, 1.165) is 45.1 Å². The van der Waals surface area contributed by atoms with Crippen LogP contribution in [0.25, 0.3) is 0 Å². The number of amides is 2. The molecular formula is C30H44N4O4. The van der Waals surface area contributed by atoms with Gasteiger partial charge in [-0.3, -0.25) is 19.4 Å². The highest BCUT2D eigenvalue weighted by Gasteiger charge is 2.25. The van der Waals surface area contributed by atoms with Gasteiger partial charge < -0.3 is 20.6 Å². The van der Waals surface area contributed by atoms with E-state index in [1.165, 1.54) is 22.4 Å². The Morgan fingerprint density at radius 3 is 2.58 bits per heavy atom. The first-order valence-corrected chi connectivity index (χ1v) is 13.7. The number of pyridine rings is 1. The molecule has 8 nitrogen and oxygen atoms in total. The van der Waals surface area contributed by atoms with E-state index in [4.69, 9.17) is 5.11 Å². The van der Waals surface area contributed by atoms with E-state index in [0.29, 0.717) is 19.0 Å². The number of likely N-dealkylation sites (tertiary alicyclic amines) is 1. The maximum atomic E-state index is 12.6. The van der Waals surface area contributed by atoms with Crippen LogP contribution in [0, 0.1) is 5.92 Å². The van der Waals surface area contributed by atoms with Gasteiger partial charge in [0.1, 0.15) is 6.42 Å². The standard InChI is InChI=1S/C25H39N3O4.C5H5N/c1-4-18(2)22(10-9-21-8-5-12-26-19(21)3)15-20-7-6-14-28(17-20)24(30)16-23(29)27-13-11-25(31)32;1-2-4-6-5-3-1/h9-10,20,26H,4-8,11-17H2,1-3H3,(H,27,29)(H,31,32);1-5H/b10-9-,22-18-;. The number of nitrogens with one attached hydrogen (secondary N) is 2. The number of aliphatic carboxylic acids is 1. The van der Waals surface area contributed by atoms with Gasteiger partial charge in [0, 0.05) is 44.3 Å². The van der Waals surface area contributed by atoms with Crippen molar-refractivity contribution in [3.8, 4) is 0 Å². The van der Waals surface area contributed by atoms with E-state index < -0.39 is 11.9 Å².